The van der Waals surface area contributed by atoms with Crippen LogP contribution >= 0.6 is 11.6 Å². The predicted molar refractivity (Wildman–Crippen MR) is 115 cm³/mol. The van der Waals surface area contributed by atoms with Gasteiger partial charge in [-0.15, -0.1) is 0 Å². The number of halogens is 5. The second-order valence-electron chi connectivity index (χ2n) is 9.54. The maximum absolute atomic E-state index is 14.6. The molecule has 3 saturated carbocycles. The molecule has 4 aliphatic rings. The zero-order valence-corrected chi connectivity index (χ0v) is 18.9. The summed E-state index contributed by atoms with van der Waals surface area (Å²) < 4.78 is 53.4. The van der Waals surface area contributed by atoms with Gasteiger partial charge in [-0.05, 0) is 43.0 Å². The molecule has 12 heteroatoms. The number of carbonyl (C=O) groups excluding carboxylic acids is 3. The van der Waals surface area contributed by atoms with Gasteiger partial charge in [0.1, 0.15) is 12.6 Å². The minimum atomic E-state index is -4.51. The van der Waals surface area contributed by atoms with Gasteiger partial charge in [-0.25, -0.2) is 9.37 Å². The van der Waals surface area contributed by atoms with Crippen molar-refractivity contribution in [3.63, 3.8) is 0 Å². The lowest BCUT2D eigenvalue weighted by atomic mass is 9.32. The number of amides is 3. The van der Waals surface area contributed by atoms with E-state index in [1.165, 1.54) is 17.0 Å². The molecule has 2 heterocycles. The van der Waals surface area contributed by atoms with E-state index in [2.05, 4.69) is 4.98 Å². The van der Waals surface area contributed by atoms with E-state index in [1.54, 1.807) is 0 Å². The number of primary amides is 1. The number of nitrogens with two attached hydrogens (primary N) is 1. The number of nitrogens with zero attached hydrogens (tertiary/aromatic N) is 3. The first-order valence-electron chi connectivity index (χ1n) is 10.7. The van der Waals surface area contributed by atoms with Crippen LogP contribution in [0.4, 0.5) is 23.4 Å². The zero-order chi connectivity index (χ0) is 25.3. The maximum atomic E-state index is 14.6. The van der Waals surface area contributed by atoms with Crippen molar-refractivity contribution in [3.05, 3.63) is 58.5 Å². The SMILES string of the molecule is NC(=O)C12CC([C@H]3C(=O)N(c4ncc(Cl)cc4F)CC(=O)N3Cc3ccc(C(F)(F)F)cc3)(C1)C2. The van der Waals surface area contributed by atoms with E-state index in [0.29, 0.717) is 24.8 Å². The van der Waals surface area contributed by atoms with Crippen molar-refractivity contribution in [2.24, 2.45) is 16.6 Å². The van der Waals surface area contributed by atoms with Crippen molar-refractivity contribution in [3.8, 4) is 0 Å². The number of carbonyl (C=O) groups is 3. The van der Waals surface area contributed by atoms with Gasteiger partial charge >= 0.3 is 6.18 Å². The molecule has 7 nitrogen and oxygen atoms in total. The lowest BCUT2D eigenvalue weighted by molar-refractivity contribution is -0.231. The molecule has 2 aromatic rings. The van der Waals surface area contributed by atoms with E-state index >= 15 is 0 Å². The average molecular weight is 511 g/mol. The van der Waals surface area contributed by atoms with Gasteiger partial charge in [-0.1, -0.05) is 23.7 Å². The van der Waals surface area contributed by atoms with Gasteiger partial charge in [0, 0.05) is 18.2 Å². The van der Waals surface area contributed by atoms with Crippen LogP contribution in [-0.4, -0.2) is 40.2 Å². The standard InChI is InChI=1S/C23H19ClF4N4O3/c24-14-5-15(25)18(30-6-14)32-8-16(33)31(7-12-1-3-13(4-2-12)23(26,27)28)17(19(32)34)21-9-22(10-21,11-21)20(29)35/h1-6,17H,7-11H2,(H2,29,35)/t17-,21?,22?/m1/s1. The molecule has 6 rings (SSSR count). The fourth-order valence-corrected chi connectivity index (χ4v) is 5.84. The van der Waals surface area contributed by atoms with Crippen LogP contribution in [-0.2, 0) is 27.1 Å². The van der Waals surface area contributed by atoms with Gasteiger partial charge in [0.15, 0.2) is 11.6 Å². The fraction of sp³-hybridized carbons (Fsp3) is 0.391. The van der Waals surface area contributed by atoms with E-state index in [-0.39, 0.29) is 17.4 Å². The van der Waals surface area contributed by atoms with Crippen LogP contribution in [0.5, 0.6) is 0 Å². The smallest absolute Gasteiger partial charge is 0.369 e. The molecule has 0 unspecified atom stereocenters. The molecule has 1 aromatic heterocycles. The summed E-state index contributed by atoms with van der Waals surface area (Å²) in [5.74, 6) is -2.81. The second kappa shape index (κ2) is 7.64. The van der Waals surface area contributed by atoms with E-state index in [1.807, 2.05) is 0 Å². The molecule has 184 valence electrons. The van der Waals surface area contributed by atoms with Crippen LogP contribution in [0.15, 0.2) is 36.5 Å². The molecule has 1 atom stereocenters. The Kier molecular flexibility index (Phi) is 5.14. The van der Waals surface area contributed by atoms with Crippen molar-refractivity contribution >= 4 is 35.1 Å². The molecule has 0 radical (unpaired) electrons. The Labute approximate surface area is 201 Å². The highest BCUT2D eigenvalue weighted by Crippen LogP contribution is 2.75. The Morgan fingerprint density at radius 3 is 2.34 bits per heavy atom. The minimum Gasteiger partial charge on any atom is -0.369 e. The molecule has 1 saturated heterocycles. The van der Waals surface area contributed by atoms with Crippen molar-refractivity contribution < 1.29 is 31.9 Å². The molecule has 1 aromatic carbocycles. The van der Waals surface area contributed by atoms with Crippen LogP contribution in [0.25, 0.3) is 0 Å². The molecule has 0 spiro atoms. The van der Waals surface area contributed by atoms with Crippen LogP contribution in [0, 0.1) is 16.6 Å². The first-order valence-corrected chi connectivity index (χ1v) is 11.1. The number of benzene rings is 1. The van der Waals surface area contributed by atoms with E-state index in [9.17, 15) is 31.9 Å². The van der Waals surface area contributed by atoms with E-state index < -0.39 is 58.7 Å². The Hall–Kier alpha value is -3.21. The Bertz CT molecular complexity index is 1230. The molecule has 3 aliphatic carbocycles. The van der Waals surface area contributed by atoms with Gasteiger partial charge in [-0.2, -0.15) is 13.2 Å². The monoisotopic (exact) mass is 510 g/mol. The maximum Gasteiger partial charge on any atom is 0.416 e. The second-order valence-corrected chi connectivity index (χ2v) is 9.98. The molecule has 2 N–H and O–H groups in total. The third kappa shape index (κ3) is 3.64. The summed E-state index contributed by atoms with van der Waals surface area (Å²) >= 11 is 5.76. The minimum absolute atomic E-state index is 0.0188. The molecule has 35 heavy (non-hydrogen) atoms. The summed E-state index contributed by atoms with van der Waals surface area (Å²) in [6, 6.07) is 4.23. The summed E-state index contributed by atoms with van der Waals surface area (Å²) in [6.07, 6.45) is -2.46. The van der Waals surface area contributed by atoms with Crippen LogP contribution < -0.4 is 10.6 Å². The molecule has 3 amide bonds. The van der Waals surface area contributed by atoms with Gasteiger partial charge in [0.2, 0.25) is 11.8 Å². The van der Waals surface area contributed by atoms with E-state index in [4.69, 9.17) is 17.3 Å². The zero-order valence-electron chi connectivity index (χ0n) is 18.1. The quantitative estimate of drug-likeness (QED) is 0.624. The molecule has 4 fully saturated rings. The average Bonchev–Trinajstić information content (AvgIpc) is 2.70. The van der Waals surface area contributed by atoms with Crippen molar-refractivity contribution in [2.45, 2.75) is 38.0 Å². The third-order valence-electron chi connectivity index (χ3n) is 7.28. The number of rotatable bonds is 5. The highest BCUT2D eigenvalue weighted by Gasteiger charge is 2.76. The number of alkyl halides is 3. The number of pyridine rings is 1. The van der Waals surface area contributed by atoms with E-state index in [0.717, 1.165) is 29.3 Å². The number of hydrogen-bond acceptors (Lipinski definition) is 4. The van der Waals surface area contributed by atoms with Crippen molar-refractivity contribution in [2.75, 3.05) is 11.4 Å². The lowest BCUT2D eigenvalue weighted by Crippen LogP contribution is -2.78. The normalized spacial score (nSPS) is 28.0. The molecule has 1 aliphatic heterocycles. The lowest BCUT2D eigenvalue weighted by Gasteiger charge is -2.72. The van der Waals surface area contributed by atoms with Crippen LogP contribution in [0.1, 0.15) is 30.4 Å². The molecular weight excluding hydrogens is 492 g/mol. The molecular formula is C23H19ClF4N4O3. The summed E-state index contributed by atoms with van der Waals surface area (Å²) in [5.41, 5.74) is 3.60. The summed E-state index contributed by atoms with van der Waals surface area (Å²) in [6.45, 7) is -0.623. The van der Waals surface area contributed by atoms with Crippen LogP contribution in [0.3, 0.4) is 0 Å². The highest BCUT2D eigenvalue weighted by atomic mass is 35.5. The molecule has 2 bridgehead atoms. The number of hydrogen-bond donors (Lipinski definition) is 1. The predicted octanol–water partition coefficient (Wildman–Crippen LogP) is 3.29. The Balaban J connectivity index is 1.47. The van der Waals surface area contributed by atoms with Gasteiger partial charge in [-0.3, -0.25) is 19.3 Å². The topological polar surface area (TPSA) is 96.6 Å². The van der Waals surface area contributed by atoms with Gasteiger partial charge in [0.25, 0.3) is 5.91 Å². The number of piperazine rings is 1. The largest absolute Gasteiger partial charge is 0.416 e. The van der Waals surface area contributed by atoms with Crippen molar-refractivity contribution in [1.29, 1.82) is 0 Å². The van der Waals surface area contributed by atoms with Gasteiger partial charge < -0.3 is 10.6 Å². The summed E-state index contributed by atoms with van der Waals surface area (Å²) in [7, 11) is 0. The first kappa shape index (κ1) is 23.5. The third-order valence-corrected chi connectivity index (χ3v) is 7.48. The summed E-state index contributed by atoms with van der Waals surface area (Å²) in [4.78, 5) is 44.9. The van der Waals surface area contributed by atoms with Crippen molar-refractivity contribution in [1.82, 2.24) is 9.88 Å². The number of aromatic nitrogens is 1. The Morgan fingerprint density at radius 2 is 1.80 bits per heavy atom. The number of anilines is 1. The highest BCUT2D eigenvalue weighted by molar-refractivity contribution is 6.30. The fourth-order valence-electron chi connectivity index (χ4n) is 5.70. The summed E-state index contributed by atoms with van der Waals surface area (Å²) in [5, 5.41) is 0.0188. The first-order chi connectivity index (χ1) is 16.4. The Morgan fingerprint density at radius 1 is 1.17 bits per heavy atom. The van der Waals surface area contributed by atoms with Crippen LogP contribution in [0.2, 0.25) is 5.02 Å². The van der Waals surface area contributed by atoms with Gasteiger partial charge in [0.05, 0.1) is 16.0 Å².